The molecule has 0 aliphatic carbocycles. The van der Waals surface area contributed by atoms with E-state index in [0.717, 1.165) is 12.1 Å². The molecule has 0 saturated heterocycles. The number of nitrogens with one attached hydrogen (secondary N) is 1. The van der Waals surface area contributed by atoms with Crippen LogP contribution in [-0.4, -0.2) is 10.2 Å². The van der Waals surface area contributed by atoms with Crippen LogP contribution in [0.4, 0.5) is 8.78 Å². The minimum absolute atomic E-state index is 0.108. The van der Waals surface area contributed by atoms with E-state index in [-0.39, 0.29) is 16.6 Å². The molecule has 0 amide bonds. The lowest BCUT2D eigenvalue weighted by Gasteiger charge is -1.99. The summed E-state index contributed by atoms with van der Waals surface area (Å²) in [5.74, 6) is -2.03. The lowest BCUT2D eigenvalue weighted by molar-refractivity contribution is 0.510. The summed E-state index contributed by atoms with van der Waals surface area (Å²) in [5.41, 5.74) is 0.0284. The van der Waals surface area contributed by atoms with E-state index >= 15 is 0 Å². The number of benzene rings is 1. The Balaban J connectivity index is 2.97. The van der Waals surface area contributed by atoms with E-state index in [4.69, 9.17) is 0 Å². The smallest absolute Gasteiger partial charge is 0.210 e. The Hall–Kier alpha value is -1.78. The van der Waals surface area contributed by atoms with Crippen LogP contribution in [0, 0.1) is 18.6 Å². The van der Waals surface area contributed by atoms with E-state index in [1.54, 1.807) is 0 Å². The maximum Gasteiger partial charge on any atom is 0.210 e. The minimum Gasteiger partial charge on any atom is -0.287 e. The van der Waals surface area contributed by atoms with Crippen molar-refractivity contribution in [3.8, 4) is 0 Å². The normalized spacial score (nSPS) is 10.8. The Morgan fingerprint density at radius 2 is 1.93 bits per heavy atom. The molecular weight excluding hydrogens is 190 g/mol. The summed E-state index contributed by atoms with van der Waals surface area (Å²) in [5, 5.41) is 6.23. The highest BCUT2D eigenvalue weighted by atomic mass is 19.2. The van der Waals surface area contributed by atoms with E-state index < -0.39 is 17.1 Å². The van der Waals surface area contributed by atoms with Crippen molar-refractivity contribution in [3.05, 3.63) is 39.7 Å². The monoisotopic (exact) mass is 196 g/mol. The third kappa shape index (κ3) is 1.17. The molecule has 0 radical (unpaired) electrons. The lowest BCUT2D eigenvalue weighted by atomic mass is 10.2. The van der Waals surface area contributed by atoms with E-state index in [1.807, 2.05) is 0 Å². The van der Waals surface area contributed by atoms with Gasteiger partial charge in [-0.2, -0.15) is 5.10 Å². The quantitative estimate of drug-likeness (QED) is 0.694. The van der Waals surface area contributed by atoms with Gasteiger partial charge in [-0.15, -0.1) is 0 Å². The molecule has 0 unspecified atom stereocenters. The third-order valence-corrected chi connectivity index (χ3v) is 1.98. The average Bonchev–Trinajstić information content (AvgIpc) is 2.15. The van der Waals surface area contributed by atoms with Crippen LogP contribution in [0.25, 0.3) is 10.9 Å². The van der Waals surface area contributed by atoms with Crippen LogP contribution in [0.3, 0.4) is 0 Å². The number of rotatable bonds is 0. The van der Waals surface area contributed by atoms with Crippen LogP contribution in [-0.2, 0) is 0 Å². The first-order valence-electron chi connectivity index (χ1n) is 3.93. The summed E-state index contributed by atoms with van der Waals surface area (Å²) in [7, 11) is 0. The first-order valence-corrected chi connectivity index (χ1v) is 3.93. The molecule has 1 heterocycles. The molecule has 14 heavy (non-hydrogen) atoms. The van der Waals surface area contributed by atoms with Crippen molar-refractivity contribution in [1.29, 1.82) is 0 Å². The molecule has 0 spiro atoms. The van der Waals surface area contributed by atoms with Crippen molar-refractivity contribution >= 4 is 10.9 Å². The summed E-state index contributed by atoms with van der Waals surface area (Å²) in [4.78, 5) is 11.4. The summed E-state index contributed by atoms with van der Waals surface area (Å²) < 4.78 is 25.6. The number of aromatic nitrogens is 2. The number of hydrogen-bond donors (Lipinski definition) is 1. The number of fused-ring (bicyclic) bond motifs is 1. The maximum atomic E-state index is 12.8. The zero-order valence-corrected chi connectivity index (χ0v) is 7.27. The van der Waals surface area contributed by atoms with Gasteiger partial charge in [0, 0.05) is 6.07 Å². The molecule has 3 nitrogen and oxygen atoms in total. The third-order valence-electron chi connectivity index (χ3n) is 1.98. The molecule has 0 aliphatic heterocycles. The van der Waals surface area contributed by atoms with Crippen LogP contribution in [0.1, 0.15) is 5.69 Å². The van der Waals surface area contributed by atoms with Crippen molar-refractivity contribution in [2.24, 2.45) is 0 Å². The maximum absolute atomic E-state index is 12.8. The zero-order chi connectivity index (χ0) is 10.3. The molecule has 2 rings (SSSR count). The number of aryl methyl sites for hydroxylation is 1. The van der Waals surface area contributed by atoms with Gasteiger partial charge in [0.05, 0.1) is 10.9 Å². The van der Waals surface area contributed by atoms with Crippen LogP contribution >= 0.6 is 0 Å². The Kier molecular flexibility index (Phi) is 1.80. The second-order valence-corrected chi connectivity index (χ2v) is 2.95. The van der Waals surface area contributed by atoms with Crippen LogP contribution < -0.4 is 5.43 Å². The van der Waals surface area contributed by atoms with E-state index in [1.165, 1.54) is 6.92 Å². The topological polar surface area (TPSA) is 45.8 Å². The van der Waals surface area contributed by atoms with Crippen molar-refractivity contribution in [3.63, 3.8) is 0 Å². The van der Waals surface area contributed by atoms with Gasteiger partial charge in [0.15, 0.2) is 11.6 Å². The van der Waals surface area contributed by atoms with Gasteiger partial charge in [0.2, 0.25) is 5.43 Å². The molecule has 0 atom stereocenters. The first-order chi connectivity index (χ1) is 6.59. The van der Waals surface area contributed by atoms with Gasteiger partial charge >= 0.3 is 0 Å². The van der Waals surface area contributed by atoms with Crippen LogP contribution in [0.5, 0.6) is 0 Å². The fourth-order valence-corrected chi connectivity index (χ4v) is 1.22. The van der Waals surface area contributed by atoms with Crippen molar-refractivity contribution in [2.75, 3.05) is 0 Å². The molecule has 0 saturated carbocycles. The largest absolute Gasteiger partial charge is 0.287 e. The van der Waals surface area contributed by atoms with Gasteiger partial charge in [-0.1, -0.05) is 0 Å². The molecule has 0 aliphatic rings. The fraction of sp³-hybridized carbons (Fsp3) is 0.111. The van der Waals surface area contributed by atoms with E-state index in [0.29, 0.717) is 0 Å². The van der Waals surface area contributed by atoms with Gasteiger partial charge < -0.3 is 0 Å². The number of aromatic amines is 1. The highest BCUT2D eigenvalue weighted by Gasteiger charge is 2.08. The average molecular weight is 196 g/mol. The van der Waals surface area contributed by atoms with Crippen LogP contribution in [0.15, 0.2) is 16.9 Å². The van der Waals surface area contributed by atoms with Gasteiger partial charge in [0.1, 0.15) is 5.69 Å². The highest BCUT2D eigenvalue weighted by molar-refractivity contribution is 5.78. The lowest BCUT2D eigenvalue weighted by Crippen LogP contribution is -2.10. The first kappa shape index (κ1) is 8.80. The van der Waals surface area contributed by atoms with E-state index in [2.05, 4.69) is 10.2 Å². The van der Waals surface area contributed by atoms with E-state index in [9.17, 15) is 13.6 Å². The van der Waals surface area contributed by atoms with Crippen molar-refractivity contribution in [1.82, 2.24) is 10.2 Å². The SMILES string of the molecule is Cc1n[nH]c2cc(F)c(F)cc2c1=O. The molecule has 72 valence electrons. The molecule has 1 aromatic heterocycles. The number of halogens is 2. The molecule has 0 bridgehead atoms. The Labute approximate surface area is 77.4 Å². The predicted octanol–water partition coefficient (Wildman–Crippen LogP) is 1.51. The molecule has 5 heteroatoms. The van der Waals surface area contributed by atoms with Gasteiger partial charge in [-0.25, -0.2) is 8.78 Å². The Morgan fingerprint density at radius 1 is 1.29 bits per heavy atom. The number of hydrogen-bond acceptors (Lipinski definition) is 2. The Morgan fingerprint density at radius 3 is 2.64 bits per heavy atom. The summed E-state index contributed by atoms with van der Waals surface area (Å²) in [6, 6.07) is 1.79. The molecule has 2 aromatic rings. The van der Waals surface area contributed by atoms with Gasteiger partial charge in [-0.3, -0.25) is 9.89 Å². The van der Waals surface area contributed by atoms with Crippen molar-refractivity contribution < 1.29 is 8.78 Å². The number of nitrogens with zero attached hydrogens (tertiary/aromatic N) is 1. The molecule has 0 fully saturated rings. The highest BCUT2D eigenvalue weighted by Crippen LogP contribution is 2.12. The summed E-state index contributed by atoms with van der Waals surface area (Å²) in [6.45, 7) is 1.50. The van der Waals surface area contributed by atoms with Crippen molar-refractivity contribution in [2.45, 2.75) is 6.92 Å². The Bertz CT molecular complexity index is 562. The molecule has 1 N–H and O–H groups in total. The summed E-state index contributed by atoms with van der Waals surface area (Å²) >= 11 is 0. The second-order valence-electron chi connectivity index (χ2n) is 2.95. The van der Waals surface area contributed by atoms with Gasteiger partial charge in [-0.05, 0) is 13.0 Å². The minimum atomic E-state index is -1.03. The standard InChI is InChI=1S/C9H6F2N2O/c1-4-9(14)5-2-6(10)7(11)3-8(5)13-12-4/h2-3H,1H3,(H,13,14). The van der Waals surface area contributed by atoms with Gasteiger partial charge in [0.25, 0.3) is 0 Å². The molecular formula is C9H6F2N2O. The number of H-pyrrole nitrogens is 1. The fourth-order valence-electron chi connectivity index (χ4n) is 1.22. The second kappa shape index (κ2) is 2.87. The zero-order valence-electron chi connectivity index (χ0n) is 7.27. The molecule has 1 aromatic carbocycles. The summed E-state index contributed by atoms with van der Waals surface area (Å²) in [6.07, 6.45) is 0. The van der Waals surface area contributed by atoms with Crippen LogP contribution in [0.2, 0.25) is 0 Å². The predicted molar refractivity (Wildman–Crippen MR) is 47.0 cm³/mol.